The van der Waals surface area contributed by atoms with Crippen LogP contribution in [0.4, 0.5) is 0 Å². The van der Waals surface area contributed by atoms with Crippen LogP contribution >= 0.6 is 11.8 Å². The Labute approximate surface area is 48.2 Å². The lowest BCUT2D eigenvalue weighted by Crippen LogP contribution is -2.04. The summed E-state index contributed by atoms with van der Waals surface area (Å²) in [5.74, 6) is 0.843. The monoisotopic (exact) mass is 118 g/mol. The standard InChI is InChI=1S/C4H10N2S/c1-4(5)7-3-6-2/h5-6H,3H2,1-2H3. The summed E-state index contributed by atoms with van der Waals surface area (Å²) in [4.78, 5) is 0. The zero-order valence-electron chi connectivity index (χ0n) is 4.62. The van der Waals surface area contributed by atoms with Crippen molar-refractivity contribution in [2.24, 2.45) is 0 Å². The predicted octanol–water partition coefficient (Wildman–Crippen LogP) is 0.894. The topological polar surface area (TPSA) is 35.9 Å². The minimum absolute atomic E-state index is 0.661. The van der Waals surface area contributed by atoms with Gasteiger partial charge in [-0.3, -0.25) is 5.41 Å². The molecule has 0 unspecified atom stereocenters. The Morgan fingerprint density at radius 3 is 2.57 bits per heavy atom. The van der Waals surface area contributed by atoms with E-state index >= 15 is 0 Å². The lowest BCUT2D eigenvalue weighted by Gasteiger charge is -1.92. The van der Waals surface area contributed by atoms with Gasteiger partial charge in [0, 0.05) is 5.88 Å². The van der Waals surface area contributed by atoms with Crippen LogP contribution in [0.1, 0.15) is 6.92 Å². The highest BCUT2D eigenvalue weighted by atomic mass is 32.2. The number of nitrogens with one attached hydrogen (secondary N) is 2. The first-order chi connectivity index (χ1) is 3.27. The highest BCUT2D eigenvalue weighted by Gasteiger charge is 1.82. The van der Waals surface area contributed by atoms with Gasteiger partial charge in [0.25, 0.3) is 0 Å². The van der Waals surface area contributed by atoms with Crippen molar-refractivity contribution in [2.45, 2.75) is 6.92 Å². The number of thioether (sulfide) groups is 1. The van der Waals surface area contributed by atoms with Crippen LogP contribution in [0.15, 0.2) is 0 Å². The van der Waals surface area contributed by atoms with Crippen LogP contribution in [0, 0.1) is 5.41 Å². The predicted molar refractivity (Wildman–Crippen MR) is 34.9 cm³/mol. The first-order valence-corrected chi connectivity index (χ1v) is 3.08. The van der Waals surface area contributed by atoms with Crippen LogP contribution in [-0.2, 0) is 0 Å². The van der Waals surface area contributed by atoms with Gasteiger partial charge in [-0.25, -0.2) is 0 Å². The summed E-state index contributed by atoms with van der Waals surface area (Å²) < 4.78 is 0. The Kier molecular flexibility index (Phi) is 4.14. The summed E-state index contributed by atoms with van der Waals surface area (Å²) in [6, 6.07) is 0. The molecule has 0 atom stereocenters. The van der Waals surface area contributed by atoms with Crippen molar-refractivity contribution >= 4 is 16.8 Å². The van der Waals surface area contributed by atoms with E-state index in [-0.39, 0.29) is 0 Å². The molecule has 0 aliphatic rings. The normalized spacial score (nSPS) is 8.86. The zero-order chi connectivity index (χ0) is 5.70. The van der Waals surface area contributed by atoms with E-state index in [1.165, 1.54) is 11.8 Å². The molecule has 0 rings (SSSR count). The van der Waals surface area contributed by atoms with Gasteiger partial charge in [0.2, 0.25) is 0 Å². The van der Waals surface area contributed by atoms with E-state index in [1.807, 2.05) is 7.05 Å². The summed E-state index contributed by atoms with van der Waals surface area (Å²) >= 11 is 1.50. The van der Waals surface area contributed by atoms with Crippen molar-refractivity contribution in [1.29, 1.82) is 5.41 Å². The maximum absolute atomic E-state index is 6.92. The molecule has 0 bridgehead atoms. The average Bonchev–Trinajstić information content (AvgIpc) is 1.61. The van der Waals surface area contributed by atoms with Gasteiger partial charge in [-0.05, 0) is 14.0 Å². The fourth-order valence-corrected chi connectivity index (χ4v) is 0.541. The lowest BCUT2D eigenvalue weighted by molar-refractivity contribution is 0.986. The Hall–Kier alpha value is -0.0200. The Morgan fingerprint density at radius 1 is 1.86 bits per heavy atom. The quantitative estimate of drug-likeness (QED) is 0.321. The summed E-state index contributed by atoms with van der Waals surface area (Å²) in [7, 11) is 1.87. The van der Waals surface area contributed by atoms with Gasteiger partial charge >= 0.3 is 0 Å². The minimum atomic E-state index is 0.661. The molecule has 2 nitrogen and oxygen atoms in total. The van der Waals surface area contributed by atoms with Crippen molar-refractivity contribution in [3.63, 3.8) is 0 Å². The molecule has 0 amide bonds. The van der Waals surface area contributed by atoms with E-state index in [9.17, 15) is 0 Å². The molecule has 0 heterocycles. The third kappa shape index (κ3) is 5.98. The lowest BCUT2D eigenvalue weighted by atomic mass is 10.9. The second-order valence-corrected chi connectivity index (χ2v) is 2.39. The van der Waals surface area contributed by atoms with Crippen LogP contribution in [0.3, 0.4) is 0 Å². The van der Waals surface area contributed by atoms with Crippen molar-refractivity contribution in [1.82, 2.24) is 5.32 Å². The van der Waals surface area contributed by atoms with E-state index in [4.69, 9.17) is 5.41 Å². The van der Waals surface area contributed by atoms with E-state index in [2.05, 4.69) is 5.32 Å². The van der Waals surface area contributed by atoms with Gasteiger partial charge in [-0.2, -0.15) is 0 Å². The van der Waals surface area contributed by atoms with Gasteiger partial charge in [0.1, 0.15) is 0 Å². The van der Waals surface area contributed by atoms with Gasteiger partial charge in [-0.15, -0.1) is 0 Å². The van der Waals surface area contributed by atoms with Gasteiger partial charge in [0.05, 0.1) is 5.04 Å². The Bertz CT molecular complexity index is 62.7. The maximum Gasteiger partial charge on any atom is 0.0622 e. The first kappa shape index (κ1) is 6.98. The van der Waals surface area contributed by atoms with E-state index < -0.39 is 0 Å². The molecule has 0 spiro atoms. The molecule has 0 radical (unpaired) electrons. The average molecular weight is 118 g/mol. The number of rotatable bonds is 2. The summed E-state index contributed by atoms with van der Waals surface area (Å²) in [6.45, 7) is 1.78. The smallest absolute Gasteiger partial charge is 0.0622 e. The van der Waals surface area contributed by atoms with Crippen molar-refractivity contribution < 1.29 is 0 Å². The Morgan fingerprint density at radius 2 is 2.43 bits per heavy atom. The van der Waals surface area contributed by atoms with Crippen LogP contribution in [-0.4, -0.2) is 18.0 Å². The molecule has 0 saturated carbocycles. The molecule has 7 heavy (non-hydrogen) atoms. The van der Waals surface area contributed by atoms with Crippen molar-refractivity contribution in [3.8, 4) is 0 Å². The molecule has 3 heteroatoms. The molecule has 0 aromatic rings. The molecular weight excluding hydrogens is 108 g/mol. The van der Waals surface area contributed by atoms with Crippen molar-refractivity contribution in [3.05, 3.63) is 0 Å². The third-order valence-corrected chi connectivity index (χ3v) is 1.30. The number of hydrogen-bond donors (Lipinski definition) is 2. The van der Waals surface area contributed by atoms with Crippen LogP contribution in [0.2, 0.25) is 0 Å². The van der Waals surface area contributed by atoms with E-state index in [0.29, 0.717) is 5.04 Å². The molecule has 0 fully saturated rings. The number of hydrogen-bond acceptors (Lipinski definition) is 3. The third-order valence-electron chi connectivity index (χ3n) is 0.433. The largest absolute Gasteiger partial charge is 0.311 e. The molecule has 0 aliphatic heterocycles. The minimum Gasteiger partial charge on any atom is -0.311 e. The second kappa shape index (κ2) is 4.15. The fraction of sp³-hybridized carbons (Fsp3) is 0.750. The maximum atomic E-state index is 6.92. The SMILES string of the molecule is CNCSC(C)=N. The first-order valence-electron chi connectivity index (χ1n) is 2.10. The van der Waals surface area contributed by atoms with Crippen LogP contribution in [0.5, 0.6) is 0 Å². The summed E-state index contributed by atoms with van der Waals surface area (Å²) in [5, 5.41) is 10.5. The van der Waals surface area contributed by atoms with Gasteiger partial charge in [0.15, 0.2) is 0 Å². The highest BCUT2D eigenvalue weighted by Crippen LogP contribution is 1.95. The molecule has 2 N–H and O–H groups in total. The molecule has 0 saturated heterocycles. The molecule has 0 aromatic heterocycles. The second-order valence-electron chi connectivity index (χ2n) is 1.20. The van der Waals surface area contributed by atoms with Crippen LogP contribution < -0.4 is 5.32 Å². The fourth-order valence-electron chi connectivity index (χ4n) is 0.180. The molecular formula is C4H10N2S. The molecule has 0 aliphatic carbocycles. The molecule has 0 aromatic carbocycles. The summed E-state index contributed by atoms with van der Waals surface area (Å²) in [6.07, 6.45) is 0. The van der Waals surface area contributed by atoms with Crippen molar-refractivity contribution in [2.75, 3.05) is 12.9 Å². The van der Waals surface area contributed by atoms with E-state index in [0.717, 1.165) is 5.88 Å². The summed E-state index contributed by atoms with van der Waals surface area (Å²) in [5.41, 5.74) is 0. The van der Waals surface area contributed by atoms with Gasteiger partial charge < -0.3 is 5.32 Å². The molecule has 42 valence electrons. The van der Waals surface area contributed by atoms with Crippen LogP contribution in [0.25, 0.3) is 0 Å². The van der Waals surface area contributed by atoms with E-state index in [1.54, 1.807) is 6.92 Å². The Balaban J connectivity index is 2.82. The zero-order valence-corrected chi connectivity index (χ0v) is 5.43. The highest BCUT2D eigenvalue weighted by molar-refractivity contribution is 8.13. The van der Waals surface area contributed by atoms with Gasteiger partial charge in [-0.1, -0.05) is 11.8 Å².